The van der Waals surface area contributed by atoms with Crippen LogP contribution < -0.4 is 4.90 Å². The molecule has 3 aromatic heterocycles. The van der Waals surface area contributed by atoms with Gasteiger partial charge in [0.2, 0.25) is 0 Å². The summed E-state index contributed by atoms with van der Waals surface area (Å²) in [4.78, 5) is 2.48. The normalized spacial score (nSPS) is 13.9. The van der Waals surface area contributed by atoms with E-state index >= 15 is 0 Å². The highest BCUT2D eigenvalue weighted by atomic mass is 15.1. The van der Waals surface area contributed by atoms with Gasteiger partial charge in [-0.15, -0.1) is 0 Å². The first-order chi connectivity index (χ1) is 33.9. The van der Waals surface area contributed by atoms with Crippen molar-refractivity contribution in [3.63, 3.8) is 0 Å². The summed E-state index contributed by atoms with van der Waals surface area (Å²) in [6, 6.07) is 70.7. The fourth-order valence-electron chi connectivity index (χ4n) is 12.0. The molecule has 3 heterocycles. The highest BCUT2D eigenvalue weighted by Crippen LogP contribution is 2.51. The van der Waals surface area contributed by atoms with E-state index in [1.54, 1.807) is 0 Å². The van der Waals surface area contributed by atoms with Gasteiger partial charge in [0.25, 0.3) is 0 Å². The van der Waals surface area contributed by atoms with Crippen molar-refractivity contribution in [1.82, 2.24) is 8.97 Å². The monoisotopic (exact) mass is 887 g/mol. The second-order valence-corrected chi connectivity index (χ2v) is 19.3. The summed E-state index contributed by atoms with van der Waals surface area (Å²) in [5.41, 5.74) is 22.5. The molecule has 0 amide bonds. The van der Waals surface area contributed by atoms with Gasteiger partial charge in [-0.3, -0.25) is 0 Å². The lowest BCUT2D eigenvalue weighted by molar-refractivity contribution is 0.660. The third kappa shape index (κ3) is 6.06. The van der Waals surface area contributed by atoms with Crippen LogP contribution in [0.1, 0.15) is 57.2 Å². The minimum atomic E-state index is -0.0289. The average Bonchev–Trinajstić information content (AvgIpc) is 4.11. The van der Waals surface area contributed by atoms with Crippen LogP contribution in [0.4, 0.5) is 17.1 Å². The zero-order valence-corrected chi connectivity index (χ0v) is 39.9. The Hall–Kier alpha value is -8.14. The number of aryl methyl sites for hydroxylation is 1. The van der Waals surface area contributed by atoms with E-state index in [1.807, 2.05) is 13.8 Å². The molecule has 69 heavy (non-hydrogen) atoms. The third-order valence-electron chi connectivity index (χ3n) is 15.1. The van der Waals surface area contributed by atoms with Crippen LogP contribution in [0.15, 0.2) is 206 Å². The van der Waals surface area contributed by atoms with Gasteiger partial charge in [-0.25, -0.2) is 0 Å². The number of hydrogen-bond acceptors (Lipinski definition) is 1. The molecule has 332 valence electrons. The Morgan fingerprint density at radius 2 is 1.04 bits per heavy atom. The van der Waals surface area contributed by atoms with Crippen LogP contribution in [0.2, 0.25) is 0 Å². The lowest BCUT2D eigenvalue weighted by Crippen LogP contribution is -2.14. The SMILES string of the molecule is CC.Cc1ccc2c(c1)-c1cc(-c3ccc(N(c4ccc(-c5cccc6c7ccccc7n(C7=CCCC=C7)c56)cc4)c4ccc5c6ccccc6n6c7ccccc7c4c56)cc3)ccc1C2(C)C. The maximum absolute atomic E-state index is 2.48. The zero-order chi connectivity index (χ0) is 46.5. The average molecular weight is 888 g/mol. The van der Waals surface area contributed by atoms with Crippen LogP contribution in [-0.2, 0) is 5.41 Å². The quantitative estimate of drug-likeness (QED) is 0.162. The summed E-state index contributed by atoms with van der Waals surface area (Å²) in [7, 11) is 0. The molecular formula is C66H53N3. The Morgan fingerprint density at radius 1 is 0.464 bits per heavy atom. The summed E-state index contributed by atoms with van der Waals surface area (Å²) in [5.74, 6) is 0. The first-order valence-electron chi connectivity index (χ1n) is 24.7. The summed E-state index contributed by atoms with van der Waals surface area (Å²) in [5, 5.41) is 7.62. The van der Waals surface area contributed by atoms with E-state index in [-0.39, 0.29) is 5.41 Å². The van der Waals surface area contributed by atoms with Gasteiger partial charge in [0.1, 0.15) is 0 Å². The molecule has 0 saturated heterocycles. The van der Waals surface area contributed by atoms with Gasteiger partial charge >= 0.3 is 0 Å². The van der Waals surface area contributed by atoms with Crippen molar-refractivity contribution < 1.29 is 0 Å². The van der Waals surface area contributed by atoms with E-state index in [1.165, 1.54) is 116 Å². The summed E-state index contributed by atoms with van der Waals surface area (Å²) >= 11 is 0. The molecule has 0 fully saturated rings. The standard InChI is InChI=1S/C64H47N3.C2H6/c1-40-24-35-55-53(38-40)54-39-43(29-36-56(54)64(55,2)3)41-25-30-45(31-26-41)65(60-37-34-51-49-17-8-11-22-58(49)67-59-23-12-9-18-52(59)61(60)63(51)67)46-32-27-42(28-33-46)47-19-13-20-50-48-16-7-10-21-57(48)66(62(47)50)44-14-5-4-6-15-44;1-2/h5,7-39H,4,6H2,1-3H3;1-2H3. The van der Waals surface area contributed by atoms with Crippen molar-refractivity contribution >= 4 is 82.7 Å². The third-order valence-corrected chi connectivity index (χ3v) is 15.1. The highest BCUT2D eigenvalue weighted by molar-refractivity contribution is 6.27. The van der Waals surface area contributed by atoms with Gasteiger partial charge in [-0.05, 0) is 119 Å². The first kappa shape index (κ1) is 41.1. The zero-order valence-electron chi connectivity index (χ0n) is 39.9. The van der Waals surface area contributed by atoms with Crippen molar-refractivity contribution in [2.75, 3.05) is 4.90 Å². The Bertz CT molecular complexity index is 4060. The van der Waals surface area contributed by atoms with Crippen LogP contribution in [-0.4, -0.2) is 8.97 Å². The molecule has 0 saturated carbocycles. The highest BCUT2D eigenvalue weighted by Gasteiger charge is 2.35. The smallest absolute Gasteiger partial charge is 0.0641 e. The molecule has 9 aromatic carbocycles. The number of para-hydroxylation sites is 4. The Morgan fingerprint density at radius 3 is 1.75 bits per heavy atom. The lowest BCUT2D eigenvalue weighted by atomic mass is 9.82. The van der Waals surface area contributed by atoms with Gasteiger partial charge in [0.05, 0.1) is 33.3 Å². The summed E-state index contributed by atoms with van der Waals surface area (Å²) in [6.07, 6.45) is 9.12. The van der Waals surface area contributed by atoms with E-state index in [4.69, 9.17) is 0 Å². The molecule has 3 nitrogen and oxygen atoms in total. The van der Waals surface area contributed by atoms with Crippen molar-refractivity contribution in [1.29, 1.82) is 0 Å². The van der Waals surface area contributed by atoms with Crippen LogP contribution in [0.3, 0.4) is 0 Å². The van der Waals surface area contributed by atoms with Gasteiger partial charge in [-0.1, -0.05) is 179 Å². The molecule has 0 radical (unpaired) electrons. The second-order valence-electron chi connectivity index (χ2n) is 19.3. The molecule has 0 N–H and O–H groups in total. The molecule has 2 aliphatic rings. The van der Waals surface area contributed by atoms with Crippen molar-refractivity contribution in [2.24, 2.45) is 0 Å². The maximum atomic E-state index is 2.48. The molecule has 0 bridgehead atoms. The van der Waals surface area contributed by atoms with Gasteiger partial charge in [0, 0.05) is 60.4 Å². The molecule has 2 aliphatic carbocycles. The minimum absolute atomic E-state index is 0.0289. The van der Waals surface area contributed by atoms with Gasteiger partial charge in [0.15, 0.2) is 0 Å². The maximum Gasteiger partial charge on any atom is 0.0641 e. The number of rotatable bonds is 6. The molecule has 0 spiro atoms. The number of benzene rings is 9. The molecule has 3 heteroatoms. The van der Waals surface area contributed by atoms with Crippen molar-refractivity contribution in [3.05, 3.63) is 223 Å². The summed E-state index contributed by atoms with van der Waals surface area (Å²) < 4.78 is 4.96. The van der Waals surface area contributed by atoms with Crippen LogP contribution in [0.5, 0.6) is 0 Å². The minimum Gasteiger partial charge on any atom is -0.310 e. The van der Waals surface area contributed by atoms with E-state index in [0.717, 1.165) is 29.9 Å². The van der Waals surface area contributed by atoms with Gasteiger partial charge < -0.3 is 13.9 Å². The molecule has 0 aliphatic heterocycles. The van der Waals surface area contributed by atoms with E-state index < -0.39 is 0 Å². The number of hydrogen-bond donors (Lipinski definition) is 0. The van der Waals surface area contributed by atoms with E-state index in [0.29, 0.717) is 0 Å². The van der Waals surface area contributed by atoms with Crippen molar-refractivity contribution in [2.45, 2.75) is 52.9 Å². The number of fused-ring (bicyclic) bond motifs is 12. The van der Waals surface area contributed by atoms with E-state index in [9.17, 15) is 0 Å². The molecule has 0 unspecified atom stereocenters. The Balaban J connectivity index is 0.00000232. The van der Waals surface area contributed by atoms with Crippen LogP contribution >= 0.6 is 0 Å². The number of nitrogens with zero attached hydrogens (tertiary/aromatic N) is 3. The first-order valence-corrected chi connectivity index (χ1v) is 24.7. The molecule has 14 rings (SSSR count). The van der Waals surface area contributed by atoms with Crippen LogP contribution in [0, 0.1) is 6.92 Å². The predicted octanol–water partition coefficient (Wildman–Crippen LogP) is 18.6. The lowest BCUT2D eigenvalue weighted by Gasteiger charge is -2.27. The molecule has 12 aromatic rings. The Kier molecular flexibility index (Phi) is 9.36. The van der Waals surface area contributed by atoms with Gasteiger partial charge in [-0.2, -0.15) is 0 Å². The van der Waals surface area contributed by atoms with Crippen molar-refractivity contribution in [3.8, 4) is 33.4 Å². The summed E-state index contributed by atoms with van der Waals surface area (Å²) in [6.45, 7) is 10.9. The number of allylic oxidation sites excluding steroid dienone is 4. The van der Waals surface area contributed by atoms with E-state index in [2.05, 4.69) is 241 Å². The molecular weight excluding hydrogens is 835 g/mol. The second kappa shape index (κ2) is 15.7. The van der Waals surface area contributed by atoms with Crippen LogP contribution in [0.25, 0.3) is 99.0 Å². The fraction of sp³-hybridized carbons (Fsp3) is 0.121. The Labute approximate surface area is 403 Å². The fourth-order valence-corrected chi connectivity index (χ4v) is 12.0. The predicted molar refractivity (Wildman–Crippen MR) is 296 cm³/mol. The number of aromatic nitrogens is 2. The number of anilines is 3. The topological polar surface area (TPSA) is 12.6 Å². The molecule has 0 atom stereocenters. The largest absolute Gasteiger partial charge is 0.310 e.